The van der Waals surface area contributed by atoms with Crippen LogP contribution in [-0.4, -0.2) is 5.09 Å². The Kier molecular flexibility index (Phi) is 14.4. The summed E-state index contributed by atoms with van der Waals surface area (Å²) < 4.78 is 0. The molecule has 2 aromatic rings. The van der Waals surface area contributed by atoms with E-state index in [1.165, 1.54) is 0 Å². The minimum atomic E-state index is -1.75. The van der Waals surface area contributed by atoms with Crippen LogP contribution in [0.1, 0.15) is 0 Å². The molecule has 0 spiro atoms. The van der Waals surface area contributed by atoms with Crippen LogP contribution in [0.2, 0.25) is 0 Å². The van der Waals surface area contributed by atoms with E-state index in [2.05, 4.69) is 0 Å². The summed E-state index contributed by atoms with van der Waals surface area (Å²) in [5, 5.41) is 16.9. The van der Waals surface area contributed by atoms with Gasteiger partial charge < -0.3 is 26.8 Å². The third kappa shape index (κ3) is 7.78. The number of rotatable bonds is 0. The molecule has 0 saturated heterocycles. The molecule has 0 aliphatic carbocycles. The first-order valence-electron chi connectivity index (χ1n) is 4.36. The summed E-state index contributed by atoms with van der Waals surface area (Å²) in [6.45, 7) is 0. The van der Waals surface area contributed by atoms with E-state index in [4.69, 9.17) is 26.8 Å². The predicted molar refractivity (Wildman–Crippen MR) is 77.6 cm³/mol. The van der Waals surface area contributed by atoms with Gasteiger partial charge in [-0.25, -0.2) is 0 Å². The van der Waals surface area contributed by atoms with Gasteiger partial charge in [0, 0.05) is 5.39 Å². The number of nitrogens with two attached hydrogens (primary N) is 2. The van der Waals surface area contributed by atoms with Crippen molar-refractivity contribution in [2.75, 3.05) is 11.5 Å². The predicted octanol–water partition coefficient (Wildman–Crippen LogP) is -0.387. The Morgan fingerprint density at radius 2 is 1.42 bits per heavy atom. The number of benzene rings is 2. The number of halogens is 2. The van der Waals surface area contributed by atoms with Crippen LogP contribution in [0, 0.1) is 15.3 Å². The van der Waals surface area contributed by atoms with Gasteiger partial charge in [-0.15, -0.1) is 24.8 Å². The van der Waals surface area contributed by atoms with Gasteiger partial charge in [0.15, 0.2) is 0 Å². The van der Waals surface area contributed by atoms with Crippen molar-refractivity contribution in [1.29, 1.82) is 0 Å². The van der Waals surface area contributed by atoms with Crippen LogP contribution in [0.15, 0.2) is 36.4 Å². The summed E-state index contributed by atoms with van der Waals surface area (Å²) in [5.74, 6) is 0. The van der Waals surface area contributed by atoms with Gasteiger partial charge in [0.25, 0.3) is 0 Å². The second-order valence-corrected chi connectivity index (χ2v) is 3.01. The standard InChI is InChI=1S/C10H10N2.2ClH.K.NO3/c11-9-6-5-7-3-1-2-4-8(7)10(9)12;;;;2-1(3)4/h1-6H,11-12H2;2*1H;;/q;;;+1;-1. The first-order valence-corrected chi connectivity index (χ1v) is 4.36. The number of nitrogens with zero attached hydrogens (tertiary/aromatic N) is 1. The van der Waals surface area contributed by atoms with Gasteiger partial charge in [-0.1, -0.05) is 30.3 Å². The van der Waals surface area contributed by atoms with Gasteiger partial charge in [-0.05, 0) is 11.5 Å². The molecule has 19 heavy (non-hydrogen) atoms. The molecule has 100 valence electrons. The normalized spacial score (nSPS) is 7.79. The van der Waals surface area contributed by atoms with Crippen molar-refractivity contribution in [1.82, 2.24) is 0 Å². The topological polar surface area (TPSA) is 118 Å². The van der Waals surface area contributed by atoms with Crippen molar-refractivity contribution in [2.45, 2.75) is 0 Å². The maximum Gasteiger partial charge on any atom is 1.00 e. The van der Waals surface area contributed by atoms with E-state index in [-0.39, 0.29) is 76.2 Å². The Morgan fingerprint density at radius 3 is 1.95 bits per heavy atom. The summed E-state index contributed by atoms with van der Waals surface area (Å²) >= 11 is 0. The fourth-order valence-electron chi connectivity index (χ4n) is 1.31. The third-order valence-corrected chi connectivity index (χ3v) is 2.00. The van der Waals surface area contributed by atoms with Gasteiger partial charge in [-0.2, -0.15) is 0 Å². The van der Waals surface area contributed by atoms with Crippen molar-refractivity contribution >= 4 is 47.0 Å². The van der Waals surface area contributed by atoms with Crippen LogP contribution in [0.3, 0.4) is 0 Å². The summed E-state index contributed by atoms with van der Waals surface area (Å²) in [5.41, 5.74) is 12.8. The summed E-state index contributed by atoms with van der Waals surface area (Å²) in [6.07, 6.45) is 0. The average molecular weight is 332 g/mol. The molecule has 4 N–H and O–H groups in total. The molecule has 2 rings (SSSR count). The molecule has 0 unspecified atom stereocenters. The fraction of sp³-hybridized carbons (Fsp3) is 0. The largest absolute Gasteiger partial charge is 1.00 e. The quantitative estimate of drug-likeness (QED) is 0.295. The smallest absolute Gasteiger partial charge is 0.397 e. The Morgan fingerprint density at radius 1 is 0.947 bits per heavy atom. The molecule has 0 fully saturated rings. The van der Waals surface area contributed by atoms with Crippen molar-refractivity contribution in [3.8, 4) is 0 Å². The van der Waals surface area contributed by atoms with Crippen LogP contribution < -0.4 is 62.9 Å². The number of hydrogen-bond acceptors (Lipinski definition) is 5. The Labute approximate surface area is 164 Å². The van der Waals surface area contributed by atoms with E-state index in [1.54, 1.807) is 0 Å². The maximum absolute atomic E-state index is 8.25. The van der Waals surface area contributed by atoms with E-state index in [0.717, 1.165) is 10.8 Å². The van der Waals surface area contributed by atoms with Gasteiger partial charge >= 0.3 is 51.4 Å². The minimum Gasteiger partial charge on any atom is -0.397 e. The molecule has 0 bridgehead atoms. The molecular weight excluding hydrogens is 320 g/mol. The first kappa shape index (κ1) is 23.8. The molecule has 0 aliphatic heterocycles. The number of nitrogen functional groups attached to an aromatic ring is 2. The van der Waals surface area contributed by atoms with Crippen LogP contribution in [-0.2, 0) is 0 Å². The number of anilines is 2. The summed E-state index contributed by atoms with van der Waals surface area (Å²) in [7, 11) is 0. The summed E-state index contributed by atoms with van der Waals surface area (Å²) in [4.78, 5) is 8.25. The zero-order valence-electron chi connectivity index (χ0n) is 10.1. The van der Waals surface area contributed by atoms with Crippen molar-refractivity contribution in [3.05, 3.63) is 51.7 Å². The molecule has 0 aromatic heterocycles. The zero-order valence-corrected chi connectivity index (χ0v) is 14.9. The van der Waals surface area contributed by atoms with Gasteiger partial charge in [0.1, 0.15) is 0 Å². The molecule has 2 aromatic carbocycles. The van der Waals surface area contributed by atoms with E-state index in [0.29, 0.717) is 11.4 Å². The van der Waals surface area contributed by atoms with E-state index in [9.17, 15) is 0 Å². The second-order valence-electron chi connectivity index (χ2n) is 3.01. The third-order valence-electron chi connectivity index (χ3n) is 2.00. The van der Waals surface area contributed by atoms with Gasteiger partial charge in [0.05, 0.1) is 16.5 Å². The Balaban J connectivity index is -0.000000329. The molecule has 0 amide bonds. The number of hydrogen-bond donors (Lipinski definition) is 2. The van der Waals surface area contributed by atoms with Crippen LogP contribution >= 0.6 is 24.8 Å². The van der Waals surface area contributed by atoms with E-state index >= 15 is 0 Å². The zero-order chi connectivity index (χ0) is 12.1. The van der Waals surface area contributed by atoms with Gasteiger partial charge in [-0.3, -0.25) is 0 Å². The van der Waals surface area contributed by atoms with Gasteiger partial charge in [0.2, 0.25) is 0 Å². The summed E-state index contributed by atoms with van der Waals surface area (Å²) in [6, 6.07) is 11.7. The SMILES string of the molecule is Cl.Cl.Nc1ccc2ccccc2c1N.O=[N+]([O-])[O-].[K+]. The average Bonchev–Trinajstić information content (AvgIpc) is 2.23. The molecule has 0 saturated carbocycles. The first-order chi connectivity index (χ1) is 7.52. The van der Waals surface area contributed by atoms with E-state index < -0.39 is 5.09 Å². The molecule has 9 heteroatoms. The molecule has 0 aliphatic rings. The second kappa shape index (κ2) is 11.5. The monoisotopic (exact) mass is 331 g/mol. The van der Waals surface area contributed by atoms with Crippen LogP contribution in [0.4, 0.5) is 11.4 Å². The molecular formula is C10H12Cl2KN3O3. The molecule has 0 heterocycles. The molecule has 0 radical (unpaired) electrons. The van der Waals surface area contributed by atoms with Crippen molar-refractivity contribution < 1.29 is 56.5 Å². The van der Waals surface area contributed by atoms with E-state index in [1.807, 2.05) is 36.4 Å². The maximum atomic E-state index is 8.25. The fourth-order valence-corrected chi connectivity index (χ4v) is 1.31. The Bertz CT molecular complexity index is 524. The molecule has 0 atom stereocenters. The van der Waals surface area contributed by atoms with Crippen LogP contribution in [0.5, 0.6) is 0 Å². The van der Waals surface area contributed by atoms with Crippen LogP contribution in [0.25, 0.3) is 10.8 Å². The van der Waals surface area contributed by atoms with Crippen molar-refractivity contribution in [2.24, 2.45) is 0 Å². The minimum absolute atomic E-state index is 0. The number of fused-ring (bicyclic) bond motifs is 1. The molecule has 6 nitrogen and oxygen atoms in total. The Hall–Kier alpha value is -0.284. The van der Waals surface area contributed by atoms with Crippen molar-refractivity contribution in [3.63, 3.8) is 0 Å².